The summed E-state index contributed by atoms with van der Waals surface area (Å²) in [6.45, 7) is 4.09. The van der Waals surface area contributed by atoms with E-state index in [0.717, 1.165) is 18.8 Å². The quantitative estimate of drug-likeness (QED) is 0.847. The Bertz CT molecular complexity index is 572. The van der Waals surface area contributed by atoms with Crippen LogP contribution < -0.4 is 9.80 Å². The van der Waals surface area contributed by atoms with Gasteiger partial charge in [-0.25, -0.2) is 4.39 Å². The summed E-state index contributed by atoms with van der Waals surface area (Å²) in [5.41, 5.74) is 1.78. The summed E-state index contributed by atoms with van der Waals surface area (Å²) in [5.74, 6) is 0. The predicted octanol–water partition coefficient (Wildman–Crippen LogP) is 3.74. The summed E-state index contributed by atoms with van der Waals surface area (Å²) < 4.78 is 13.8. The second-order valence-electron chi connectivity index (χ2n) is 5.87. The van der Waals surface area contributed by atoms with Crippen molar-refractivity contribution in [2.24, 2.45) is 0 Å². The third-order valence-electron chi connectivity index (χ3n) is 4.25. The Morgan fingerprint density at radius 2 is 1.48 bits per heavy atom. The second-order valence-corrected chi connectivity index (χ2v) is 5.87. The van der Waals surface area contributed by atoms with Crippen molar-refractivity contribution in [1.82, 2.24) is 0 Å². The van der Waals surface area contributed by atoms with Crippen LogP contribution in [0.3, 0.4) is 0 Å². The first-order valence-corrected chi connectivity index (χ1v) is 7.42. The van der Waals surface area contributed by atoms with Gasteiger partial charge in [-0.1, -0.05) is 36.4 Å². The minimum absolute atomic E-state index is 0.356. The lowest BCUT2D eigenvalue weighted by Gasteiger charge is -2.49. The van der Waals surface area contributed by atoms with Gasteiger partial charge in [0.2, 0.25) is 0 Å². The first-order chi connectivity index (χ1) is 10.2. The first-order valence-electron chi connectivity index (χ1n) is 7.42. The molecule has 1 saturated heterocycles. The van der Waals surface area contributed by atoms with Crippen molar-refractivity contribution in [3.8, 4) is 0 Å². The molecule has 21 heavy (non-hydrogen) atoms. The Morgan fingerprint density at radius 3 is 2.05 bits per heavy atom. The molecule has 1 unspecified atom stereocenters. The van der Waals surface area contributed by atoms with E-state index in [1.165, 1.54) is 5.69 Å². The molecule has 2 nitrogen and oxygen atoms in total. The van der Waals surface area contributed by atoms with Crippen LogP contribution in [0.25, 0.3) is 0 Å². The Kier molecular flexibility index (Phi) is 3.82. The van der Waals surface area contributed by atoms with Crippen molar-refractivity contribution in [1.29, 1.82) is 0 Å². The van der Waals surface area contributed by atoms with Crippen LogP contribution in [0, 0.1) is 0 Å². The molecule has 1 aliphatic rings. The summed E-state index contributed by atoms with van der Waals surface area (Å²) in [4.78, 5) is 4.48. The third kappa shape index (κ3) is 2.73. The number of rotatable bonds is 3. The number of anilines is 2. The van der Waals surface area contributed by atoms with Crippen molar-refractivity contribution in [2.75, 3.05) is 36.1 Å². The Labute approximate surface area is 125 Å². The molecule has 3 heteroatoms. The molecule has 1 fully saturated rings. The number of piperazine rings is 1. The zero-order valence-corrected chi connectivity index (χ0v) is 12.4. The fourth-order valence-electron chi connectivity index (χ4n) is 3.09. The van der Waals surface area contributed by atoms with Gasteiger partial charge in [-0.15, -0.1) is 0 Å². The van der Waals surface area contributed by atoms with E-state index in [1.54, 1.807) is 0 Å². The fourth-order valence-corrected chi connectivity index (χ4v) is 3.09. The van der Waals surface area contributed by atoms with Gasteiger partial charge in [-0.05, 0) is 31.2 Å². The largest absolute Gasteiger partial charge is 0.367 e. The monoisotopic (exact) mass is 284 g/mol. The standard InChI is InChI=1S/C18H21FN2/c1-18(14-19)15-20(16-8-4-2-5-9-16)12-13-21(18)17-10-6-3-7-11-17/h2-11H,12-15H2,1H3. The molecule has 1 heterocycles. The van der Waals surface area contributed by atoms with Crippen molar-refractivity contribution >= 4 is 11.4 Å². The summed E-state index contributed by atoms with van der Waals surface area (Å²) in [7, 11) is 0. The topological polar surface area (TPSA) is 6.48 Å². The van der Waals surface area contributed by atoms with Gasteiger partial charge in [0.25, 0.3) is 0 Å². The molecular formula is C18H21FN2. The number of para-hydroxylation sites is 2. The maximum atomic E-state index is 13.8. The maximum absolute atomic E-state index is 13.8. The van der Waals surface area contributed by atoms with Crippen LogP contribution in [0.1, 0.15) is 6.92 Å². The second kappa shape index (κ2) is 5.76. The Balaban J connectivity index is 1.85. The molecule has 0 aliphatic carbocycles. The van der Waals surface area contributed by atoms with Gasteiger partial charge < -0.3 is 9.80 Å². The molecule has 2 aromatic carbocycles. The molecule has 0 radical (unpaired) electrons. The average Bonchev–Trinajstić information content (AvgIpc) is 2.56. The van der Waals surface area contributed by atoms with Gasteiger partial charge in [0.1, 0.15) is 6.67 Å². The van der Waals surface area contributed by atoms with Crippen LogP contribution >= 0.6 is 0 Å². The molecule has 0 N–H and O–H groups in total. The fraction of sp³-hybridized carbons (Fsp3) is 0.333. The number of hydrogen-bond donors (Lipinski definition) is 0. The molecule has 0 bridgehead atoms. The highest BCUT2D eigenvalue weighted by molar-refractivity contribution is 5.54. The van der Waals surface area contributed by atoms with Crippen LogP contribution in [0.4, 0.5) is 15.8 Å². The van der Waals surface area contributed by atoms with E-state index in [1.807, 2.05) is 43.3 Å². The maximum Gasteiger partial charge on any atom is 0.114 e. The molecule has 3 rings (SSSR count). The van der Waals surface area contributed by atoms with Gasteiger partial charge >= 0.3 is 0 Å². The first kappa shape index (κ1) is 13.9. The van der Waals surface area contributed by atoms with Crippen molar-refractivity contribution in [2.45, 2.75) is 12.5 Å². The smallest absolute Gasteiger partial charge is 0.114 e. The van der Waals surface area contributed by atoms with E-state index in [9.17, 15) is 4.39 Å². The van der Waals surface area contributed by atoms with E-state index in [-0.39, 0.29) is 6.67 Å². The van der Waals surface area contributed by atoms with Gasteiger partial charge in [-0.2, -0.15) is 0 Å². The molecule has 2 aromatic rings. The number of benzene rings is 2. The predicted molar refractivity (Wildman–Crippen MR) is 86.8 cm³/mol. The molecule has 1 atom stereocenters. The molecule has 0 spiro atoms. The van der Waals surface area contributed by atoms with Crippen molar-refractivity contribution in [3.63, 3.8) is 0 Å². The van der Waals surface area contributed by atoms with Crippen LogP contribution in [-0.4, -0.2) is 31.8 Å². The molecule has 0 aromatic heterocycles. The van der Waals surface area contributed by atoms with Gasteiger partial charge in [0, 0.05) is 31.0 Å². The van der Waals surface area contributed by atoms with E-state index in [4.69, 9.17) is 0 Å². The van der Waals surface area contributed by atoms with Crippen molar-refractivity contribution < 1.29 is 4.39 Å². The van der Waals surface area contributed by atoms with Gasteiger partial charge in [-0.3, -0.25) is 0 Å². The van der Waals surface area contributed by atoms with E-state index >= 15 is 0 Å². The lowest BCUT2D eigenvalue weighted by molar-refractivity contribution is 0.290. The average molecular weight is 284 g/mol. The highest BCUT2D eigenvalue weighted by Crippen LogP contribution is 2.30. The highest BCUT2D eigenvalue weighted by Gasteiger charge is 2.38. The normalized spacial score (nSPS) is 22.4. The number of alkyl halides is 1. The molecule has 0 saturated carbocycles. The molecule has 0 amide bonds. The Hall–Kier alpha value is -2.03. The highest BCUT2D eigenvalue weighted by atomic mass is 19.1. The lowest BCUT2D eigenvalue weighted by atomic mass is 9.96. The van der Waals surface area contributed by atoms with Gasteiger partial charge in [0.05, 0.1) is 5.54 Å². The van der Waals surface area contributed by atoms with Crippen LogP contribution in [0.15, 0.2) is 60.7 Å². The Morgan fingerprint density at radius 1 is 0.905 bits per heavy atom. The molecule has 1 aliphatic heterocycles. The van der Waals surface area contributed by atoms with Crippen LogP contribution in [0.2, 0.25) is 0 Å². The summed E-state index contributed by atoms with van der Waals surface area (Å²) in [6, 6.07) is 20.4. The molecular weight excluding hydrogens is 263 g/mol. The van der Waals surface area contributed by atoms with Crippen LogP contribution in [-0.2, 0) is 0 Å². The number of hydrogen-bond acceptors (Lipinski definition) is 2. The summed E-state index contributed by atoms with van der Waals surface area (Å²) >= 11 is 0. The third-order valence-corrected chi connectivity index (χ3v) is 4.25. The minimum Gasteiger partial charge on any atom is -0.367 e. The van der Waals surface area contributed by atoms with E-state index < -0.39 is 5.54 Å². The zero-order valence-electron chi connectivity index (χ0n) is 12.4. The zero-order chi connectivity index (χ0) is 14.7. The number of halogens is 1. The van der Waals surface area contributed by atoms with E-state index in [0.29, 0.717) is 6.54 Å². The van der Waals surface area contributed by atoms with E-state index in [2.05, 4.69) is 34.1 Å². The lowest BCUT2D eigenvalue weighted by Crippen LogP contribution is -2.62. The number of nitrogens with zero attached hydrogens (tertiary/aromatic N) is 2. The summed E-state index contributed by atoms with van der Waals surface area (Å²) in [5, 5.41) is 0. The van der Waals surface area contributed by atoms with Crippen molar-refractivity contribution in [3.05, 3.63) is 60.7 Å². The van der Waals surface area contributed by atoms with Gasteiger partial charge in [0.15, 0.2) is 0 Å². The molecule has 110 valence electrons. The van der Waals surface area contributed by atoms with Crippen LogP contribution in [0.5, 0.6) is 0 Å². The SMILES string of the molecule is CC1(CF)CN(c2ccccc2)CCN1c1ccccc1. The summed E-state index contributed by atoms with van der Waals surface area (Å²) in [6.07, 6.45) is 0. The minimum atomic E-state index is -0.491.